The first-order valence-electron chi connectivity index (χ1n) is 5.59. The molecule has 17 heavy (non-hydrogen) atoms. The van der Waals surface area contributed by atoms with Gasteiger partial charge in [0.15, 0.2) is 5.78 Å². The molecule has 5 heteroatoms. The van der Waals surface area contributed by atoms with Crippen molar-refractivity contribution in [2.75, 3.05) is 6.61 Å². The van der Waals surface area contributed by atoms with E-state index in [-0.39, 0.29) is 24.3 Å². The monoisotopic (exact) mass is 255 g/mol. The molecule has 1 heterocycles. The zero-order chi connectivity index (χ0) is 12.8. The van der Waals surface area contributed by atoms with E-state index in [9.17, 15) is 9.59 Å². The minimum Gasteiger partial charge on any atom is -0.396 e. The predicted octanol–water partition coefficient (Wildman–Crippen LogP) is 1.84. The van der Waals surface area contributed by atoms with Crippen LogP contribution in [0.5, 0.6) is 0 Å². The second kappa shape index (κ2) is 6.51. The van der Waals surface area contributed by atoms with Crippen LogP contribution in [0, 0.1) is 0 Å². The number of amides is 1. The number of rotatable bonds is 6. The van der Waals surface area contributed by atoms with Gasteiger partial charge in [-0.05, 0) is 25.8 Å². The summed E-state index contributed by atoms with van der Waals surface area (Å²) in [6.07, 6.45) is 1.32. The van der Waals surface area contributed by atoms with E-state index in [0.717, 1.165) is 6.42 Å². The molecule has 0 radical (unpaired) electrons. The Morgan fingerprint density at radius 2 is 2.24 bits per heavy atom. The Morgan fingerprint density at radius 1 is 1.53 bits per heavy atom. The summed E-state index contributed by atoms with van der Waals surface area (Å²) in [5.74, 6) is -0.217. The Morgan fingerprint density at radius 3 is 2.71 bits per heavy atom. The van der Waals surface area contributed by atoms with E-state index >= 15 is 0 Å². The van der Waals surface area contributed by atoms with Gasteiger partial charge in [0.2, 0.25) is 0 Å². The lowest BCUT2D eigenvalue weighted by atomic mass is 10.1. The number of aliphatic hydroxyl groups excluding tert-OH is 1. The molecule has 1 rings (SSSR count). The highest BCUT2D eigenvalue weighted by Gasteiger charge is 2.14. The van der Waals surface area contributed by atoms with Crippen LogP contribution in [0.2, 0.25) is 0 Å². The van der Waals surface area contributed by atoms with E-state index in [2.05, 4.69) is 5.32 Å². The normalized spacial score (nSPS) is 12.2. The Labute approximate surface area is 105 Å². The fourth-order valence-corrected chi connectivity index (χ4v) is 2.28. The van der Waals surface area contributed by atoms with Crippen molar-refractivity contribution < 1.29 is 14.7 Å². The number of nitrogens with one attached hydrogen (secondary N) is 1. The molecule has 0 aromatic carbocycles. The molecule has 1 amide bonds. The fraction of sp³-hybridized carbons (Fsp3) is 0.500. The molecule has 1 atom stereocenters. The summed E-state index contributed by atoms with van der Waals surface area (Å²) in [4.78, 5) is 23.5. The zero-order valence-electron chi connectivity index (χ0n) is 10.0. The molecule has 0 saturated heterocycles. The molecule has 1 unspecified atom stereocenters. The summed E-state index contributed by atoms with van der Waals surface area (Å²) in [5.41, 5.74) is 0.565. The standard InChI is InChI=1S/C12H17NO3S/c1-3-10(4-5-14)13-12(16)11-6-9(7-17-11)8(2)15/h6-7,10,14H,3-5H2,1-2H3,(H,13,16). The molecule has 0 bridgehead atoms. The van der Waals surface area contributed by atoms with Crippen molar-refractivity contribution >= 4 is 23.0 Å². The molecule has 94 valence electrons. The van der Waals surface area contributed by atoms with Crippen LogP contribution < -0.4 is 5.32 Å². The van der Waals surface area contributed by atoms with Crippen molar-refractivity contribution in [1.29, 1.82) is 0 Å². The first kappa shape index (κ1) is 13.9. The van der Waals surface area contributed by atoms with Crippen molar-refractivity contribution in [3.05, 3.63) is 21.9 Å². The second-order valence-corrected chi connectivity index (χ2v) is 4.76. The lowest BCUT2D eigenvalue weighted by Gasteiger charge is -2.14. The maximum Gasteiger partial charge on any atom is 0.261 e. The summed E-state index contributed by atoms with van der Waals surface area (Å²) in [7, 11) is 0. The number of carbonyl (C=O) groups excluding carboxylic acids is 2. The predicted molar refractivity (Wildman–Crippen MR) is 67.6 cm³/mol. The molecule has 2 N–H and O–H groups in total. The van der Waals surface area contributed by atoms with Gasteiger partial charge in [0.1, 0.15) is 0 Å². The summed E-state index contributed by atoms with van der Waals surface area (Å²) in [6.45, 7) is 3.49. The smallest absolute Gasteiger partial charge is 0.261 e. The lowest BCUT2D eigenvalue weighted by Crippen LogP contribution is -2.34. The van der Waals surface area contributed by atoms with Crippen molar-refractivity contribution in [3.8, 4) is 0 Å². The van der Waals surface area contributed by atoms with Crippen molar-refractivity contribution in [2.24, 2.45) is 0 Å². The van der Waals surface area contributed by atoms with Crippen LogP contribution in [0.1, 0.15) is 46.7 Å². The Hall–Kier alpha value is -1.20. The third kappa shape index (κ3) is 3.94. The van der Waals surface area contributed by atoms with Gasteiger partial charge < -0.3 is 10.4 Å². The second-order valence-electron chi connectivity index (χ2n) is 3.85. The van der Waals surface area contributed by atoms with Crippen LogP contribution in [-0.4, -0.2) is 29.4 Å². The zero-order valence-corrected chi connectivity index (χ0v) is 10.8. The van der Waals surface area contributed by atoms with Crippen LogP contribution in [0.15, 0.2) is 11.4 Å². The minimum absolute atomic E-state index is 0.0182. The molecular formula is C12H17NO3S. The summed E-state index contributed by atoms with van der Waals surface area (Å²) in [5, 5.41) is 13.4. The van der Waals surface area contributed by atoms with Gasteiger partial charge in [-0.15, -0.1) is 11.3 Å². The number of thiophene rings is 1. The molecule has 0 aliphatic carbocycles. The molecular weight excluding hydrogens is 238 g/mol. The van der Waals surface area contributed by atoms with E-state index in [0.29, 0.717) is 16.9 Å². The molecule has 1 aromatic rings. The number of ketones is 1. The number of Topliss-reactive ketones (excluding diaryl/α,β-unsaturated/α-hetero) is 1. The highest BCUT2D eigenvalue weighted by Crippen LogP contribution is 2.15. The highest BCUT2D eigenvalue weighted by atomic mass is 32.1. The first-order valence-corrected chi connectivity index (χ1v) is 6.47. The van der Waals surface area contributed by atoms with Crippen molar-refractivity contribution in [1.82, 2.24) is 5.32 Å². The first-order chi connectivity index (χ1) is 8.08. The largest absolute Gasteiger partial charge is 0.396 e. The molecule has 0 aliphatic rings. The molecule has 0 aliphatic heterocycles. The number of hydrogen-bond acceptors (Lipinski definition) is 4. The maximum absolute atomic E-state index is 11.8. The van der Waals surface area contributed by atoms with Gasteiger partial charge in [-0.25, -0.2) is 0 Å². The Balaban J connectivity index is 2.65. The quantitative estimate of drug-likeness (QED) is 0.762. The molecule has 0 fully saturated rings. The minimum atomic E-state index is -0.178. The van der Waals surface area contributed by atoms with E-state index < -0.39 is 0 Å². The molecule has 4 nitrogen and oxygen atoms in total. The molecule has 0 spiro atoms. The van der Waals surface area contributed by atoms with Gasteiger partial charge in [0.05, 0.1) is 4.88 Å². The Bertz CT molecular complexity index is 400. The van der Waals surface area contributed by atoms with Crippen LogP contribution in [0.3, 0.4) is 0 Å². The van der Waals surface area contributed by atoms with Crippen LogP contribution in [-0.2, 0) is 0 Å². The van der Waals surface area contributed by atoms with E-state index in [4.69, 9.17) is 5.11 Å². The third-order valence-corrected chi connectivity index (χ3v) is 3.46. The van der Waals surface area contributed by atoms with Gasteiger partial charge in [-0.1, -0.05) is 6.92 Å². The SMILES string of the molecule is CCC(CCO)NC(=O)c1cc(C(C)=O)cs1. The number of hydrogen-bond donors (Lipinski definition) is 2. The van der Waals surface area contributed by atoms with Gasteiger partial charge >= 0.3 is 0 Å². The Kier molecular flexibility index (Phi) is 5.31. The summed E-state index contributed by atoms with van der Waals surface area (Å²) in [6, 6.07) is 1.59. The average molecular weight is 255 g/mol. The van der Waals surface area contributed by atoms with Gasteiger partial charge in [-0.3, -0.25) is 9.59 Å². The van der Waals surface area contributed by atoms with E-state index in [1.165, 1.54) is 18.3 Å². The average Bonchev–Trinajstić information content (AvgIpc) is 2.77. The van der Waals surface area contributed by atoms with E-state index in [1.54, 1.807) is 11.4 Å². The van der Waals surface area contributed by atoms with Crippen LogP contribution in [0.4, 0.5) is 0 Å². The number of aliphatic hydroxyl groups is 1. The van der Waals surface area contributed by atoms with Gasteiger partial charge in [0.25, 0.3) is 5.91 Å². The van der Waals surface area contributed by atoms with Crippen LogP contribution >= 0.6 is 11.3 Å². The van der Waals surface area contributed by atoms with E-state index in [1.807, 2.05) is 6.92 Å². The molecule has 1 aromatic heterocycles. The van der Waals surface area contributed by atoms with Gasteiger partial charge in [-0.2, -0.15) is 0 Å². The third-order valence-electron chi connectivity index (χ3n) is 2.54. The topological polar surface area (TPSA) is 66.4 Å². The summed E-state index contributed by atoms with van der Waals surface area (Å²) >= 11 is 1.26. The number of carbonyl (C=O) groups is 2. The van der Waals surface area contributed by atoms with Crippen molar-refractivity contribution in [2.45, 2.75) is 32.7 Å². The molecule has 0 saturated carbocycles. The highest BCUT2D eigenvalue weighted by molar-refractivity contribution is 7.12. The van der Waals surface area contributed by atoms with Crippen molar-refractivity contribution in [3.63, 3.8) is 0 Å². The fourth-order valence-electron chi connectivity index (χ4n) is 1.43. The lowest BCUT2D eigenvalue weighted by molar-refractivity contribution is 0.0933. The van der Waals surface area contributed by atoms with Gasteiger partial charge in [0, 0.05) is 23.6 Å². The van der Waals surface area contributed by atoms with Crippen LogP contribution in [0.25, 0.3) is 0 Å². The maximum atomic E-state index is 11.8. The summed E-state index contributed by atoms with van der Waals surface area (Å²) < 4.78 is 0.